The van der Waals surface area contributed by atoms with Crippen LogP contribution in [0.3, 0.4) is 0 Å². The van der Waals surface area contributed by atoms with Crippen LogP contribution in [-0.4, -0.2) is 11.4 Å². The van der Waals surface area contributed by atoms with Crippen molar-refractivity contribution in [3.63, 3.8) is 0 Å². The molecule has 2 rings (SSSR count). The van der Waals surface area contributed by atoms with Gasteiger partial charge in [-0.05, 0) is 36.0 Å². The van der Waals surface area contributed by atoms with Crippen molar-refractivity contribution >= 4 is 11.6 Å². The summed E-state index contributed by atoms with van der Waals surface area (Å²) in [5, 5.41) is 2.95. The maximum absolute atomic E-state index is 12.1. The number of amides is 1. The summed E-state index contributed by atoms with van der Waals surface area (Å²) in [6.07, 6.45) is 4.63. The third kappa shape index (κ3) is 3.83. The zero-order valence-electron chi connectivity index (χ0n) is 12.8. The zero-order valence-corrected chi connectivity index (χ0v) is 12.8. The lowest BCUT2D eigenvalue weighted by atomic mass is 9.87. The van der Waals surface area contributed by atoms with E-state index >= 15 is 0 Å². The molecule has 1 aromatic rings. The Kier molecular flexibility index (Phi) is 4.19. The normalized spacial score (nSPS) is 18.0. The van der Waals surface area contributed by atoms with Crippen LogP contribution in [0.4, 0.5) is 5.69 Å². The summed E-state index contributed by atoms with van der Waals surface area (Å²) in [7, 11) is 0. The first-order valence-electron chi connectivity index (χ1n) is 7.48. The maximum atomic E-state index is 12.1. The van der Waals surface area contributed by atoms with E-state index in [4.69, 9.17) is 5.73 Å². The molecular formula is C17H26N2O. The van der Waals surface area contributed by atoms with Crippen molar-refractivity contribution in [2.75, 3.05) is 5.32 Å². The van der Waals surface area contributed by atoms with Gasteiger partial charge in [0.1, 0.15) is 0 Å². The molecule has 1 aromatic carbocycles. The van der Waals surface area contributed by atoms with Gasteiger partial charge in [-0.15, -0.1) is 0 Å². The van der Waals surface area contributed by atoms with Crippen molar-refractivity contribution in [1.82, 2.24) is 0 Å². The van der Waals surface area contributed by atoms with E-state index in [9.17, 15) is 4.79 Å². The van der Waals surface area contributed by atoms with Crippen LogP contribution in [0.5, 0.6) is 0 Å². The molecule has 0 radical (unpaired) electrons. The fraction of sp³-hybridized carbons (Fsp3) is 0.588. The molecule has 0 aliphatic heterocycles. The summed E-state index contributed by atoms with van der Waals surface area (Å²) < 4.78 is 0. The average molecular weight is 274 g/mol. The van der Waals surface area contributed by atoms with Crippen molar-refractivity contribution in [2.24, 2.45) is 5.73 Å². The van der Waals surface area contributed by atoms with Crippen molar-refractivity contribution in [3.05, 3.63) is 29.8 Å². The molecule has 0 spiro atoms. The number of anilines is 1. The SMILES string of the molecule is CC(C)(C)c1ccc(NC(=O)CC2(N)CCCC2)cc1. The maximum Gasteiger partial charge on any atom is 0.226 e. The first kappa shape index (κ1) is 15.0. The van der Waals surface area contributed by atoms with Gasteiger partial charge in [0.05, 0.1) is 0 Å². The number of hydrogen-bond donors (Lipinski definition) is 2. The van der Waals surface area contributed by atoms with Gasteiger partial charge in [0.2, 0.25) is 5.91 Å². The van der Waals surface area contributed by atoms with Gasteiger partial charge >= 0.3 is 0 Å². The fourth-order valence-electron chi connectivity index (χ4n) is 2.83. The molecule has 3 nitrogen and oxygen atoms in total. The predicted octanol–water partition coefficient (Wildman–Crippen LogP) is 3.58. The molecule has 0 atom stereocenters. The summed E-state index contributed by atoms with van der Waals surface area (Å²) in [6, 6.07) is 8.08. The van der Waals surface area contributed by atoms with Crippen LogP contribution in [0.25, 0.3) is 0 Å². The number of carbonyl (C=O) groups is 1. The minimum Gasteiger partial charge on any atom is -0.326 e. The van der Waals surface area contributed by atoms with E-state index in [1.54, 1.807) is 0 Å². The Balaban J connectivity index is 1.94. The lowest BCUT2D eigenvalue weighted by Crippen LogP contribution is -2.40. The molecule has 20 heavy (non-hydrogen) atoms. The van der Waals surface area contributed by atoms with Crippen molar-refractivity contribution < 1.29 is 4.79 Å². The molecule has 1 aliphatic carbocycles. The Bertz CT molecular complexity index is 465. The van der Waals surface area contributed by atoms with Crippen LogP contribution < -0.4 is 11.1 Å². The Morgan fingerprint density at radius 3 is 2.25 bits per heavy atom. The smallest absolute Gasteiger partial charge is 0.226 e. The summed E-state index contributed by atoms with van der Waals surface area (Å²) >= 11 is 0. The van der Waals surface area contributed by atoms with Gasteiger partial charge in [0, 0.05) is 17.6 Å². The number of rotatable bonds is 3. The van der Waals surface area contributed by atoms with Crippen LogP contribution >= 0.6 is 0 Å². The first-order chi connectivity index (χ1) is 9.28. The summed E-state index contributed by atoms with van der Waals surface area (Å²) in [5.74, 6) is 0.0258. The molecule has 0 bridgehead atoms. The zero-order chi connectivity index (χ0) is 14.8. The topological polar surface area (TPSA) is 55.1 Å². The average Bonchev–Trinajstić information content (AvgIpc) is 2.74. The van der Waals surface area contributed by atoms with E-state index in [1.165, 1.54) is 5.56 Å². The first-order valence-corrected chi connectivity index (χ1v) is 7.48. The standard InChI is InChI=1S/C17H26N2O/c1-16(2,3)13-6-8-14(9-7-13)19-15(20)12-17(18)10-4-5-11-17/h6-9H,4-5,10-12,18H2,1-3H3,(H,19,20). The van der Waals surface area contributed by atoms with Crippen LogP contribution in [0.2, 0.25) is 0 Å². The van der Waals surface area contributed by atoms with E-state index in [1.807, 2.05) is 12.1 Å². The molecule has 3 N–H and O–H groups in total. The molecule has 0 aromatic heterocycles. The molecule has 1 saturated carbocycles. The van der Waals surface area contributed by atoms with Crippen molar-refractivity contribution in [1.29, 1.82) is 0 Å². The summed E-state index contributed by atoms with van der Waals surface area (Å²) in [6.45, 7) is 6.54. The highest BCUT2D eigenvalue weighted by Crippen LogP contribution is 2.30. The van der Waals surface area contributed by atoms with E-state index in [0.29, 0.717) is 6.42 Å². The number of nitrogens with one attached hydrogen (secondary N) is 1. The third-order valence-corrected chi connectivity index (χ3v) is 4.15. The minimum absolute atomic E-state index is 0.0258. The summed E-state index contributed by atoms with van der Waals surface area (Å²) in [5.41, 5.74) is 8.20. The number of benzene rings is 1. The molecule has 1 amide bonds. The van der Waals surface area contributed by atoms with Crippen molar-refractivity contribution in [3.8, 4) is 0 Å². The van der Waals surface area contributed by atoms with Gasteiger partial charge in [-0.1, -0.05) is 45.7 Å². The summed E-state index contributed by atoms with van der Waals surface area (Å²) in [4.78, 5) is 12.1. The van der Waals surface area contributed by atoms with Gasteiger partial charge in [-0.2, -0.15) is 0 Å². The lowest BCUT2D eigenvalue weighted by molar-refractivity contribution is -0.117. The van der Waals surface area contributed by atoms with E-state index in [-0.39, 0.29) is 16.9 Å². The Labute approximate surface area is 121 Å². The van der Waals surface area contributed by atoms with Gasteiger partial charge in [0.15, 0.2) is 0 Å². The molecule has 110 valence electrons. The van der Waals surface area contributed by atoms with Crippen molar-refractivity contribution in [2.45, 2.75) is 63.8 Å². The Hall–Kier alpha value is -1.35. The quantitative estimate of drug-likeness (QED) is 0.885. The largest absolute Gasteiger partial charge is 0.326 e. The van der Waals surface area contributed by atoms with Crippen LogP contribution in [0.1, 0.15) is 58.4 Å². The highest BCUT2D eigenvalue weighted by molar-refractivity contribution is 5.91. The number of nitrogens with two attached hydrogens (primary N) is 1. The number of carbonyl (C=O) groups excluding carboxylic acids is 1. The minimum atomic E-state index is -0.282. The second-order valence-corrected chi connectivity index (χ2v) is 7.12. The Morgan fingerprint density at radius 1 is 1.20 bits per heavy atom. The third-order valence-electron chi connectivity index (χ3n) is 4.15. The van der Waals surface area contributed by atoms with Gasteiger partial charge in [-0.3, -0.25) is 4.79 Å². The van der Waals surface area contributed by atoms with E-state index < -0.39 is 0 Å². The second-order valence-electron chi connectivity index (χ2n) is 7.12. The Morgan fingerprint density at radius 2 is 1.75 bits per heavy atom. The van der Waals surface area contributed by atoms with Gasteiger partial charge < -0.3 is 11.1 Å². The lowest BCUT2D eigenvalue weighted by Gasteiger charge is -2.23. The van der Waals surface area contributed by atoms with Gasteiger partial charge in [0.25, 0.3) is 0 Å². The van der Waals surface area contributed by atoms with Crippen LogP contribution in [-0.2, 0) is 10.2 Å². The molecule has 0 unspecified atom stereocenters. The van der Waals surface area contributed by atoms with Gasteiger partial charge in [-0.25, -0.2) is 0 Å². The molecule has 0 saturated heterocycles. The van der Waals surface area contributed by atoms with E-state index in [2.05, 4.69) is 38.2 Å². The molecule has 3 heteroatoms. The number of hydrogen-bond acceptors (Lipinski definition) is 2. The predicted molar refractivity (Wildman–Crippen MR) is 83.8 cm³/mol. The molecule has 1 fully saturated rings. The van der Waals surface area contributed by atoms with E-state index in [0.717, 1.165) is 31.4 Å². The van der Waals surface area contributed by atoms with Crippen LogP contribution in [0, 0.1) is 0 Å². The molecule has 1 aliphatic rings. The molecular weight excluding hydrogens is 248 g/mol. The monoisotopic (exact) mass is 274 g/mol. The highest BCUT2D eigenvalue weighted by Gasteiger charge is 2.31. The highest BCUT2D eigenvalue weighted by atomic mass is 16.1. The second kappa shape index (κ2) is 5.57. The van der Waals surface area contributed by atoms with Crippen LogP contribution in [0.15, 0.2) is 24.3 Å². The molecule has 0 heterocycles. The fourth-order valence-corrected chi connectivity index (χ4v) is 2.83.